The Labute approximate surface area is 794 Å². The number of furan rings is 2. The van der Waals surface area contributed by atoms with Crippen LogP contribution in [-0.2, 0) is 0 Å². The van der Waals surface area contributed by atoms with Crippen molar-refractivity contribution in [1.29, 1.82) is 0 Å². The molecule has 14 nitrogen and oxygen atoms in total. The molecule has 9 aromatic heterocycles. The molecule has 9 heterocycles. The van der Waals surface area contributed by atoms with Crippen LogP contribution in [0.25, 0.3) is 260 Å². The Kier molecular flexibility index (Phi) is 19.7. The van der Waals surface area contributed by atoms with Gasteiger partial charge in [-0.25, -0.2) is 44.9 Å². The fourth-order valence-corrected chi connectivity index (χ4v) is 20.6. The van der Waals surface area contributed by atoms with Crippen molar-refractivity contribution in [1.82, 2.24) is 58.6 Å². The Balaban J connectivity index is 0.000000107. The van der Waals surface area contributed by atoms with E-state index in [0.29, 0.717) is 52.4 Å². The Bertz CT molecular complexity index is 9190. The standard InChI is InChI=1S/C45H28N4O.C39H24N4O.C39H24N4S/c1-3-12-29(13-4-1)30-22-24-32(25-23-30)44-46-43(31-14-5-2-6-15-31)47-45(48-44)33-26-27-36-37-18-11-21-40(42(37)50-41(36)28-33)49-38-19-9-7-16-34(38)35-17-8-10-20-39(35)49;2*1-3-11-25(12-4-1)37-40-38(42-39(41-37)27-20-22-32-31-16-8-10-18-35(31)44-36(32)24-27)26-19-21-30-29-15-7-9-17-33(29)43(34(30)23-26)28-13-5-2-6-14-28/h1-28H;2*1-24H. The maximum atomic E-state index is 6.76. The van der Waals surface area contributed by atoms with Crippen LogP contribution in [0.5, 0.6) is 0 Å². The molecule has 0 saturated heterocycles. The summed E-state index contributed by atoms with van der Waals surface area (Å²) < 4.78 is 22.4. The lowest BCUT2D eigenvalue weighted by molar-refractivity contribution is 0.666. The predicted octanol–water partition coefficient (Wildman–Crippen LogP) is 31.7. The predicted molar refractivity (Wildman–Crippen MR) is 564 cm³/mol. The fraction of sp³-hybridized carbons (Fsp3) is 0. The number of nitrogens with zero attached hydrogens (tertiary/aromatic N) is 12. The van der Waals surface area contributed by atoms with Crippen LogP contribution in [-0.4, -0.2) is 58.6 Å². The summed E-state index contributed by atoms with van der Waals surface area (Å²) >= 11 is 1.80. The van der Waals surface area contributed by atoms with Gasteiger partial charge in [0.1, 0.15) is 16.7 Å². The van der Waals surface area contributed by atoms with Crippen LogP contribution in [0, 0.1) is 0 Å². The lowest BCUT2D eigenvalue weighted by Gasteiger charge is -2.10. The van der Waals surface area contributed by atoms with E-state index in [1.54, 1.807) is 11.3 Å². The molecule has 28 rings (SSSR count). The summed E-state index contributed by atoms with van der Waals surface area (Å²) in [6, 6.07) is 159. The second-order valence-electron chi connectivity index (χ2n) is 34.3. The molecule has 0 fully saturated rings. The van der Waals surface area contributed by atoms with Gasteiger partial charge in [0.25, 0.3) is 0 Å². The zero-order chi connectivity index (χ0) is 91.1. The lowest BCUT2D eigenvalue weighted by atomic mass is 10.0. The van der Waals surface area contributed by atoms with Crippen molar-refractivity contribution in [3.05, 3.63) is 461 Å². The molecule has 138 heavy (non-hydrogen) atoms. The molecule has 19 aromatic carbocycles. The van der Waals surface area contributed by atoms with Crippen molar-refractivity contribution in [2.75, 3.05) is 0 Å². The van der Waals surface area contributed by atoms with E-state index in [-0.39, 0.29) is 0 Å². The normalized spacial score (nSPS) is 11.6. The molecule has 0 amide bonds. The second-order valence-corrected chi connectivity index (χ2v) is 35.3. The molecule has 0 bridgehead atoms. The van der Waals surface area contributed by atoms with Crippen LogP contribution < -0.4 is 0 Å². The van der Waals surface area contributed by atoms with Gasteiger partial charge in [0.15, 0.2) is 58.0 Å². The first-order valence-electron chi connectivity index (χ1n) is 45.9. The third kappa shape index (κ3) is 14.4. The minimum atomic E-state index is 0.589. The van der Waals surface area contributed by atoms with Gasteiger partial charge in [0.05, 0.1) is 38.8 Å². The highest BCUT2D eigenvalue weighted by molar-refractivity contribution is 7.25. The summed E-state index contributed by atoms with van der Waals surface area (Å²) in [7, 11) is 0. The molecule has 646 valence electrons. The monoisotopic (exact) mass is 1780 g/mol. The van der Waals surface area contributed by atoms with Gasteiger partial charge in [-0.2, -0.15) is 0 Å². The highest BCUT2D eigenvalue weighted by Crippen LogP contribution is 2.44. The van der Waals surface area contributed by atoms with Crippen molar-refractivity contribution in [3.8, 4) is 131 Å². The summed E-state index contributed by atoms with van der Waals surface area (Å²) in [5.74, 6) is 5.64. The summed E-state index contributed by atoms with van der Waals surface area (Å²) in [6.07, 6.45) is 0. The molecule has 0 saturated carbocycles. The summed E-state index contributed by atoms with van der Waals surface area (Å²) in [5.41, 5.74) is 24.0. The summed E-state index contributed by atoms with van der Waals surface area (Å²) in [5, 5.41) is 14.0. The average Bonchev–Trinajstić information content (AvgIpc) is 1.57. The number of rotatable bonds is 13. The van der Waals surface area contributed by atoms with Crippen molar-refractivity contribution in [2.24, 2.45) is 0 Å². The van der Waals surface area contributed by atoms with Crippen LogP contribution >= 0.6 is 11.3 Å². The quantitative estimate of drug-likeness (QED) is 0.108. The Hall–Kier alpha value is -18.6. The van der Waals surface area contributed by atoms with E-state index < -0.39 is 0 Å². The van der Waals surface area contributed by atoms with Crippen molar-refractivity contribution in [2.45, 2.75) is 0 Å². The molecule has 0 radical (unpaired) electrons. The number of thiophene rings is 1. The Morgan fingerprint density at radius 1 is 0.159 bits per heavy atom. The number of hydrogen-bond acceptors (Lipinski definition) is 12. The molecular weight excluding hydrogens is 1710 g/mol. The third-order valence-electron chi connectivity index (χ3n) is 26.0. The Morgan fingerprint density at radius 3 is 0.884 bits per heavy atom. The van der Waals surface area contributed by atoms with Gasteiger partial charge in [0.2, 0.25) is 0 Å². The maximum Gasteiger partial charge on any atom is 0.164 e. The van der Waals surface area contributed by atoms with Gasteiger partial charge >= 0.3 is 0 Å². The minimum Gasteiger partial charge on any atom is -0.456 e. The number of para-hydroxylation sites is 8. The van der Waals surface area contributed by atoms with E-state index >= 15 is 0 Å². The summed E-state index contributed by atoms with van der Waals surface area (Å²) in [6.45, 7) is 0. The van der Waals surface area contributed by atoms with E-state index in [2.05, 4.69) is 359 Å². The van der Waals surface area contributed by atoms with Crippen LogP contribution in [0.4, 0.5) is 0 Å². The van der Waals surface area contributed by atoms with Crippen LogP contribution in [0.2, 0.25) is 0 Å². The third-order valence-corrected chi connectivity index (χ3v) is 27.1. The van der Waals surface area contributed by atoms with E-state index in [1.807, 2.05) is 115 Å². The fourth-order valence-electron chi connectivity index (χ4n) is 19.4. The average molecular weight is 1790 g/mol. The zero-order valence-corrected chi connectivity index (χ0v) is 74.8. The smallest absolute Gasteiger partial charge is 0.164 e. The van der Waals surface area contributed by atoms with Crippen molar-refractivity contribution >= 4 is 141 Å². The molecule has 28 aromatic rings. The molecule has 0 spiro atoms. The zero-order valence-electron chi connectivity index (χ0n) is 74.0. The van der Waals surface area contributed by atoms with Crippen molar-refractivity contribution < 1.29 is 8.83 Å². The van der Waals surface area contributed by atoms with Crippen LogP contribution in [0.1, 0.15) is 0 Å². The largest absolute Gasteiger partial charge is 0.456 e. The van der Waals surface area contributed by atoms with Crippen molar-refractivity contribution in [3.63, 3.8) is 0 Å². The first-order valence-corrected chi connectivity index (χ1v) is 46.8. The molecule has 0 atom stereocenters. The van der Waals surface area contributed by atoms with Gasteiger partial charge in [-0.15, -0.1) is 11.3 Å². The molecule has 0 aliphatic rings. The molecule has 0 unspecified atom stereocenters. The number of fused-ring (bicyclic) bond motifs is 18. The highest BCUT2D eigenvalue weighted by atomic mass is 32.1. The van der Waals surface area contributed by atoms with Gasteiger partial charge in [0, 0.05) is 135 Å². The second kappa shape index (κ2) is 33.9. The molecule has 0 N–H and O–H groups in total. The van der Waals surface area contributed by atoms with Crippen LogP contribution in [0.15, 0.2) is 470 Å². The molecular formula is C123H76N12O2S. The molecule has 0 aliphatic carbocycles. The molecule has 0 aliphatic heterocycles. The van der Waals surface area contributed by atoms with Gasteiger partial charge in [-0.05, 0) is 120 Å². The Morgan fingerprint density at radius 2 is 0.435 bits per heavy atom. The van der Waals surface area contributed by atoms with Gasteiger partial charge < -0.3 is 22.5 Å². The summed E-state index contributed by atoms with van der Waals surface area (Å²) in [4.78, 5) is 45.1. The minimum absolute atomic E-state index is 0.589. The SMILES string of the molecule is c1ccc(-c2ccc(-c3nc(-c4ccccc4)nc(-c4ccc5c(c4)oc4c(-n6c7ccccc7c7ccccc76)cccc45)n3)cc2)cc1.c1ccc(-c2nc(-c3ccc4c(c3)oc3ccccc34)nc(-c3ccc4c5ccccc5n(-c5ccccc5)c4c3)n2)cc1.c1ccc(-c2nc(-c3ccc4c(c3)sc3ccccc34)nc(-c3ccc4c5ccccc5n(-c5ccccc5)c4c3)n2)cc1. The van der Waals surface area contributed by atoms with Gasteiger partial charge in [-0.1, -0.05) is 352 Å². The lowest BCUT2D eigenvalue weighted by Crippen LogP contribution is -2.00. The first kappa shape index (κ1) is 80.3. The van der Waals surface area contributed by atoms with E-state index in [4.69, 9.17) is 53.7 Å². The topological polar surface area (TPSA) is 157 Å². The number of hydrogen-bond donors (Lipinski definition) is 0. The van der Waals surface area contributed by atoms with E-state index in [1.165, 1.54) is 63.6 Å². The highest BCUT2D eigenvalue weighted by Gasteiger charge is 2.25. The molecule has 15 heteroatoms. The number of aromatic nitrogens is 12. The number of benzene rings is 19. The maximum absolute atomic E-state index is 6.76. The van der Waals surface area contributed by atoms with E-state index in [9.17, 15) is 0 Å². The van der Waals surface area contributed by atoms with E-state index in [0.717, 1.165) is 144 Å². The van der Waals surface area contributed by atoms with Crippen LogP contribution in [0.3, 0.4) is 0 Å². The first-order chi connectivity index (χ1) is 68.4. The van der Waals surface area contributed by atoms with Gasteiger partial charge in [-0.3, -0.25) is 0 Å².